The normalized spacial score (nSPS) is 24.2. The molecule has 2 aromatic carbocycles. The van der Waals surface area contributed by atoms with Crippen LogP contribution in [0.15, 0.2) is 71.4 Å². The SMILES string of the molecule is CC(=O)OC[C@@H]1O[C@H](SC2=N/C(=C\c3ccccc3)C(=O)N2c2ccccc2)[C@H](OC(C)=O)[C@H](OC(C)=O)[C@@H]1OC(C)=O. The highest BCUT2D eigenvalue weighted by molar-refractivity contribution is 8.14. The van der Waals surface area contributed by atoms with Crippen molar-refractivity contribution in [1.29, 1.82) is 0 Å². The Hall–Kier alpha value is -4.49. The van der Waals surface area contributed by atoms with Crippen LogP contribution in [0.5, 0.6) is 0 Å². The van der Waals surface area contributed by atoms with Gasteiger partial charge in [-0.3, -0.25) is 28.9 Å². The zero-order valence-electron chi connectivity index (χ0n) is 23.8. The number of aliphatic imine (C=N–C) groups is 1. The van der Waals surface area contributed by atoms with Crippen LogP contribution in [-0.2, 0) is 47.7 Å². The molecule has 43 heavy (non-hydrogen) atoms. The van der Waals surface area contributed by atoms with Crippen molar-refractivity contribution in [2.75, 3.05) is 11.5 Å². The van der Waals surface area contributed by atoms with E-state index in [0.29, 0.717) is 5.69 Å². The van der Waals surface area contributed by atoms with E-state index in [1.165, 1.54) is 11.8 Å². The van der Waals surface area contributed by atoms with Crippen LogP contribution in [0.25, 0.3) is 6.08 Å². The smallest absolute Gasteiger partial charge is 0.303 e. The fraction of sp³-hybridized carbons (Fsp3) is 0.333. The Bertz CT molecular complexity index is 1430. The van der Waals surface area contributed by atoms with Gasteiger partial charge in [-0.15, -0.1) is 0 Å². The van der Waals surface area contributed by atoms with Crippen molar-refractivity contribution in [2.24, 2.45) is 4.99 Å². The number of rotatable bonds is 8. The van der Waals surface area contributed by atoms with Gasteiger partial charge < -0.3 is 23.7 Å². The number of anilines is 1. The average Bonchev–Trinajstić information content (AvgIpc) is 3.25. The van der Waals surface area contributed by atoms with E-state index in [2.05, 4.69) is 4.99 Å². The molecule has 0 saturated carbocycles. The van der Waals surface area contributed by atoms with E-state index in [9.17, 15) is 24.0 Å². The largest absolute Gasteiger partial charge is 0.463 e. The number of benzene rings is 2. The molecule has 2 heterocycles. The molecule has 0 aliphatic carbocycles. The number of ether oxygens (including phenoxy) is 5. The summed E-state index contributed by atoms with van der Waals surface area (Å²) in [5.74, 6) is -3.25. The molecule has 0 N–H and O–H groups in total. The Morgan fingerprint density at radius 3 is 1.95 bits per heavy atom. The predicted molar refractivity (Wildman–Crippen MR) is 155 cm³/mol. The van der Waals surface area contributed by atoms with Gasteiger partial charge in [-0.1, -0.05) is 60.3 Å². The Morgan fingerprint density at radius 1 is 0.814 bits per heavy atom. The van der Waals surface area contributed by atoms with Crippen molar-refractivity contribution in [3.8, 4) is 0 Å². The number of carbonyl (C=O) groups is 5. The van der Waals surface area contributed by atoms with E-state index in [1.54, 1.807) is 36.4 Å². The third-order valence-electron chi connectivity index (χ3n) is 6.12. The number of thioether (sulfide) groups is 1. The molecular weight excluding hydrogens is 580 g/mol. The molecule has 2 aromatic rings. The Kier molecular flexibility index (Phi) is 10.3. The van der Waals surface area contributed by atoms with Crippen molar-refractivity contribution < 1.29 is 47.7 Å². The summed E-state index contributed by atoms with van der Waals surface area (Å²) in [5, 5.41) is 0.180. The first-order chi connectivity index (χ1) is 20.5. The van der Waals surface area contributed by atoms with Crippen LogP contribution in [0.3, 0.4) is 0 Å². The van der Waals surface area contributed by atoms with Crippen LogP contribution in [0, 0.1) is 0 Å². The Morgan fingerprint density at radius 2 is 1.37 bits per heavy atom. The molecule has 0 aromatic heterocycles. The number of hydrogen-bond acceptors (Lipinski definition) is 12. The lowest BCUT2D eigenvalue weighted by Crippen LogP contribution is -2.61. The van der Waals surface area contributed by atoms with E-state index >= 15 is 0 Å². The van der Waals surface area contributed by atoms with Crippen LogP contribution >= 0.6 is 11.8 Å². The lowest BCUT2D eigenvalue weighted by atomic mass is 9.99. The Balaban J connectivity index is 1.78. The van der Waals surface area contributed by atoms with Crippen LogP contribution in [0.4, 0.5) is 5.69 Å². The maximum Gasteiger partial charge on any atom is 0.303 e. The van der Waals surface area contributed by atoms with Gasteiger partial charge in [0.05, 0.1) is 5.69 Å². The van der Waals surface area contributed by atoms with Crippen molar-refractivity contribution in [3.05, 3.63) is 71.9 Å². The molecule has 1 saturated heterocycles. The van der Waals surface area contributed by atoms with Gasteiger partial charge in [0, 0.05) is 27.7 Å². The zero-order valence-corrected chi connectivity index (χ0v) is 24.6. The van der Waals surface area contributed by atoms with Crippen molar-refractivity contribution in [3.63, 3.8) is 0 Å². The Labute approximate surface area is 252 Å². The first-order valence-corrected chi connectivity index (χ1v) is 14.1. The number of amides is 1. The average molecular weight is 611 g/mol. The summed E-state index contributed by atoms with van der Waals surface area (Å²) in [5.41, 5.74) is 0.250. The monoisotopic (exact) mass is 610 g/mol. The molecule has 2 aliphatic rings. The molecule has 4 rings (SSSR count). The predicted octanol–water partition coefficient (Wildman–Crippen LogP) is 3.25. The molecular formula is C30H30N2O10S. The second kappa shape index (κ2) is 14.1. The number of para-hydroxylation sites is 1. The maximum absolute atomic E-state index is 13.7. The molecule has 226 valence electrons. The number of hydrogen-bond donors (Lipinski definition) is 0. The molecule has 2 aliphatic heterocycles. The third kappa shape index (κ3) is 8.08. The lowest BCUT2D eigenvalue weighted by Gasteiger charge is -2.44. The van der Waals surface area contributed by atoms with Crippen LogP contribution in [0.1, 0.15) is 33.3 Å². The summed E-state index contributed by atoms with van der Waals surface area (Å²) in [6, 6.07) is 17.9. The standard InChI is InChI=1S/C30H30N2O10S/c1-17(33)38-16-24-25(39-18(2)34)26(40-19(3)35)27(41-20(4)36)29(42-24)43-30-31-23(15-21-11-7-5-8-12-21)28(37)32(30)22-13-9-6-10-14-22/h5-15,24-27,29H,16H2,1-4H3/b23-15-/t24-,25+,26+,27+,29+/m0/s1. The van der Waals surface area contributed by atoms with Crippen LogP contribution in [0.2, 0.25) is 0 Å². The van der Waals surface area contributed by atoms with Gasteiger partial charge in [0.25, 0.3) is 5.91 Å². The highest BCUT2D eigenvalue weighted by atomic mass is 32.2. The van der Waals surface area contributed by atoms with E-state index in [4.69, 9.17) is 23.7 Å². The number of esters is 4. The number of carbonyl (C=O) groups excluding carboxylic acids is 5. The van der Waals surface area contributed by atoms with Crippen molar-refractivity contribution in [1.82, 2.24) is 0 Å². The molecule has 1 fully saturated rings. The van der Waals surface area contributed by atoms with Gasteiger partial charge in [0.1, 0.15) is 18.4 Å². The third-order valence-corrected chi connectivity index (χ3v) is 7.21. The topological polar surface area (TPSA) is 147 Å². The van der Waals surface area contributed by atoms with Crippen molar-refractivity contribution >= 4 is 58.5 Å². The van der Waals surface area contributed by atoms with Gasteiger partial charge in [-0.2, -0.15) is 0 Å². The molecule has 0 radical (unpaired) electrons. The minimum absolute atomic E-state index is 0.142. The summed E-state index contributed by atoms with van der Waals surface area (Å²) < 4.78 is 27.9. The summed E-state index contributed by atoms with van der Waals surface area (Å²) >= 11 is 0.932. The molecule has 0 spiro atoms. The molecule has 13 heteroatoms. The number of amidine groups is 1. The van der Waals surface area contributed by atoms with E-state index < -0.39 is 59.6 Å². The summed E-state index contributed by atoms with van der Waals surface area (Å²) in [4.78, 5) is 67.7. The summed E-state index contributed by atoms with van der Waals surface area (Å²) in [7, 11) is 0. The molecule has 0 unspecified atom stereocenters. The van der Waals surface area contributed by atoms with Crippen molar-refractivity contribution in [2.45, 2.75) is 57.5 Å². The fourth-order valence-electron chi connectivity index (χ4n) is 4.47. The van der Waals surface area contributed by atoms with E-state index in [0.717, 1.165) is 38.1 Å². The van der Waals surface area contributed by atoms with Gasteiger partial charge in [0.2, 0.25) is 0 Å². The highest BCUT2D eigenvalue weighted by Gasteiger charge is 2.53. The van der Waals surface area contributed by atoms with Gasteiger partial charge in [0.15, 0.2) is 28.9 Å². The second-order valence-corrected chi connectivity index (χ2v) is 10.6. The minimum Gasteiger partial charge on any atom is -0.463 e. The first kappa shape index (κ1) is 31.4. The van der Waals surface area contributed by atoms with Gasteiger partial charge in [-0.05, 0) is 23.8 Å². The van der Waals surface area contributed by atoms with Crippen LogP contribution < -0.4 is 4.90 Å². The maximum atomic E-state index is 13.7. The fourth-order valence-corrected chi connectivity index (χ4v) is 5.67. The minimum atomic E-state index is -1.35. The highest BCUT2D eigenvalue weighted by Crippen LogP contribution is 2.38. The zero-order chi connectivity index (χ0) is 31.1. The van der Waals surface area contributed by atoms with Crippen LogP contribution in [-0.4, -0.2) is 71.4 Å². The van der Waals surface area contributed by atoms with Gasteiger partial charge >= 0.3 is 23.9 Å². The summed E-state index contributed by atoms with van der Waals surface area (Å²) in [6.07, 6.45) is -3.46. The molecule has 12 nitrogen and oxygen atoms in total. The number of nitrogens with zero attached hydrogens (tertiary/aromatic N) is 2. The van der Waals surface area contributed by atoms with Gasteiger partial charge in [-0.25, -0.2) is 4.99 Å². The lowest BCUT2D eigenvalue weighted by molar-refractivity contribution is -0.237. The second-order valence-electron chi connectivity index (χ2n) is 9.50. The molecule has 1 amide bonds. The quantitative estimate of drug-likeness (QED) is 0.246. The van der Waals surface area contributed by atoms with E-state index in [1.807, 2.05) is 30.3 Å². The molecule has 5 atom stereocenters. The van der Waals surface area contributed by atoms with E-state index in [-0.39, 0.29) is 17.5 Å². The summed E-state index contributed by atoms with van der Waals surface area (Å²) in [6.45, 7) is 4.27. The molecule has 0 bridgehead atoms. The first-order valence-electron chi connectivity index (χ1n) is 13.3.